The molecule has 2 aromatic rings. The second kappa shape index (κ2) is 8.78. The summed E-state index contributed by atoms with van der Waals surface area (Å²) in [4.78, 5) is 12.2. The van der Waals surface area contributed by atoms with Crippen LogP contribution in [0.25, 0.3) is 0 Å². The zero-order valence-corrected chi connectivity index (χ0v) is 15.4. The summed E-state index contributed by atoms with van der Waals surface area (Å²) in [6.07, 6.45) is 2.16. The third-order valence-corrected chi connectivity index (χ3v) is 5.73. The van der Waals surface area contributed by atoms with Gasteiger partial charge in [-0.05, 0) is 36.1 Å². The van der Waals surface area contributed by atoms with Gasteiger partial charge in [-0.1, -0.05) is 42.5 Å². The average molecular weight is 360 g/mol. The Morgan fingerprint density at radius 1 is 0.960 bits per heavy atom. The summed E-state index contributed by atoms with van der Waals surface area (Å²) >= 11 is 0. The van der Waals surface area contributed by atoms with Crippen LogP contribution in [0.5, 0.6) is 0 Å². The Morgan fingerprint density at radius 2 is 1.60 bits per heavy atom. The summed E-state index contributed by atoms with van der Waals surface area (Å²) in [5, 5.41) is 2.87. The van der Waals surface area contributed by atoms with E-state index in [1.54, 1.807) is 24.3 Å². The lowest BCUT2D eigenvalue weighted by Gasteiger charge is -2.12. The Morgan fingerprint density at radius 3 is 2.20 bits per heavy atom. The minimum Gasteiger partial charge on any atom is -0.352 e. The number of hydrogen-bond acceptors (Lipinski definition) is 3. The number of benzene rings is 2. The van der Waals surface area contributed by atoms with Crippen LogP contribution >= 0.6 is 0 Å². The molecule has 0 spiro atoms. The Labute approximate surface area is 149 Å². The first-order valence-electron chi connectivity index (χ1n) is 8.21. The summed E-state index contributed by atoms with van der Waals surface area (Å²) in [7, 11) is -0.419. The molecule has 134 valence electrons. The van der Waals surface area contributed by atoms with Crippen LogP contribution in [0.3, 0.4) is 0 Å². The van der Waals surface area contributed by atoms with Crippen molar-refractivity contribution in [2.24, 2.45) is 0 Å². The second-order valence-corrected chi connectivity index (χ2v) is 8.20. The van der Waals surface area contributed by atoms with Gasteiger partial charge in [0.15, 0.2) is 0 Å². The molecular weight excluding hydrogens is 336 g/mol. The molecule has 0 aliphatic carbocycles. The monoisotopic (exact) mass is 360 g/mol. The first-order chi connectivity index (χ1) is 11.9. The molecule has 6 heteroatoms. The van der Waals surface area contributed by atoms with Crippen molar-refractivity contribution in [2.75, 3.05) is 14.1 Å². The van der Waals surface area contributed by atoms with Gasteiger partial charge in [-0.2, -0.15) is 0 Å². The zero-order valence-electron chi connectivity index (χ0n) is 14.6. The first kappa shape index (κ1) is 19.1. The van der Waals surface area contributed by atoms with E-state index in [1.807, 2.05) is 18.2 Å². The quantitative estimate of drug-likeness (QED) is 0.787. The van der Waals surface area contributed by atoms with Crippen molar-refractivity contribution in [3.05, 3.63) is 65.7 Å². The minimum atomic E-state index is -3.42. The molecule has 0 atom stereocenters. The molecule has 0 saturated carbocycles. The number of hydrogen-bond donors (Lipinski definition) is 1. The van der Waals surface area contributed by atoms with E-state index in [0.717, 1.165) is 18.4 Å². The van der Waals surface area contributed by atoms with Crippen LogP contribution < -0.4 is 5.32 Å². The fourth-order valence-corrected chi connectivity index (χ4v) is 3.28. The van der Waals surface area contributed by atoms with Crippen LogP contribution in [0.2, 0.25) is 0 Å². The normalized spacial score (nSPS) is 11.5. The first-order valence-corrected chi connectivity index (χ1v) is 9.65. The smallest absolute Gasteiger partial charge is 0.242 e. The molecule has 1 N–H and O–H groups in total. The third kappa shape index (κ3) is 5.69. The van der Waals surface area contributed by atoms with E-state index in [2.05, 4.69) is 17.4 Å². The van der Waals surface area contributed by atoms with Crippen LogP contribution in [0, 0.1) is 0 Å². The largest absolute Gasteiger partial charge is 0.352 e. The molecule has 1 amide bonds. The van der Waals surface area contributed by atoms with Crippen molar-refractivity contribution >= 4 is 15.9 Å². The predicted octanol–water partition coefficient (Wildman–Crippen LogP) is 2.58. The lowest BCUT2D eigenvalue weighted by Crippen LogP contribution is -2.23. The van der Waals surface area contributed by atoms with E-state index in [1.165, 1.54) is 24.0 Å². The number of carbonyl (C=O) groups is 1. The molecule has 0 fully saturated rings. The second-order valence-electron chi connectivity index (χ2n) is 6.05. The van der Waals surface area contributed by atoms with E-state index < -0.39 is 10.0 Å². The van der Waals surface area contributed by atoms with Crippen molar-refractivity contribution in [3.63, 3.8) is 0 Å². The van der Waals surface area contributed by atoms with E-state index in [9.17, 15) is 13.2 Å². The molecule has 0 aliphatic rings. The lowest BCUT2D eigenvalue weighted by molar-refractivity contribution is -0.121. The highest BCUT2D eigenvalue weighted by Gasteiger charge is 2.16. The highest BCUT2D eigenvalue weighted by Crippen LogP contribution is 2.14. The summed E-state index contributed by atoms with van der Waals surface area (Å²) in [5.74, 6) is 0.000853. The Bertz CT molecular complexity index is 785. The summed E-state index contributed by atoms with van der Waals surface area (Å²) < 4.78 is 25.2. The number of carbonyl (C=O) groups excluding carboxylic acids is 1. The molecule has 0 aromatic heterocycles. The minimum absolute atomic E-state index is 0.000853. The van der Waals surface area contributed by atoms with E-state index >= 15 is 0 Å². The number of aryl methyl sites for hydroxylation is 1. The molecule has 0 radical (unpaired) electrons. The fourth-order valence-electron chi connectivity index (χ4n) is 2.38. The van der Waals surface area contributed by atoms with Gasteiger partial charge >= 0.3 is 0 Å². The molecule has 2 rings (SSSR count). The number of amides is 1. The topological polar surface area (TPSA) is 66.5 Å². The van der Waals surface area contributed by atoms with Gasteiger partial charge in [-0.15, -0.1) is 0 Å². The van der Waals surface area contributed by atoms with Crippen molar-refractivity contribution in [1.82, 2.24) is 9.62 Å². The number of sulfonamides is 1. The van der Waals surface area contributed by atoms with Crippen molar-refractivity contribution in [2.45, 2.75) is 30.7 Å². The molecule has 0 aliphatic heterocycles. The fraction of sp³-hybridized carbons (Fsp3) is 0.316. The Hall–Kier alpha value is -2.18. The highest BCUT2D eigenvalue weighted by molar-refractivity contribution is 7.89. The van der Waals surface area contributed by atoms with Gasteiger partial charge < -0.3 is 5.32 Å². The molecule has 0 bridgehead atoms. The molecule has 0 unspecified atom stereocenters. The third-order valence-electron chi connectivity index (χ3n) is 3.90. The predicted molar refractivity (Wildman–Crippen MR) is 98.5 cm³/mol. The van der Waals surface area contributed by atoms with Gasteiger partial charge in [0.1, 0.15) is 0 Å². The number of rotatable bonds is 8. The van der Waals surface area contributed by atoms with Crippen LogP contribution in [-0.2, 0) is 27.8 Å². The Balaban J connectivity index is 1.78. The maximum Gasteiger partial charge on any atom is 0.242 e. The SMILES string of the molecule is CN(C)S(=O)(=O)c1ccc(CNC(=O)CCCc2ccccc2)cc1. The molecule has 5 nitrogen and oxygen atoms in total. The van der Waals surface area contributed by atoms with Crippen LogP contribution in [0.1, 0.15) is 24.0 Å². The molecule has 0 saturated heterocycles. The van der Waals surface area contributed by atoms with Crippen molar-refractivity contribution in [3.8, 4) is 0 Å². The summed E-state index contributed by atoms with van der Waals surface area (Å²) in [6, 6.07) is 16.7. The highest BCUT2D eigenvalue weighted by atomic mass is 32.2. The number of nitrogens with one attached hydrogen (secondary N) is 1. The van der Waals surface area contributed by atoms with Gasteiger partial charge in [0.2, 0.25) is 15.9 Å². The zero-order chi connectivity index (χ0) is 18.3. The van der Waals surface area contributed by atoms with Crippen LogP contribution in [0.4, 0.5) is 0 Å². The molecule has 0 heterocycles. The van der Waals surface area contributed by atoms with E-state index in [-0.39, 0.29) is 10.8 Å². The summed E-state index contributed by atoms with van der Waals surface area (Å²) in [5.41, 5.74) is 2.10. The van der Waals surface area contributed by atoms with E-state index in [0.29, 0.717) is 13.0 Å². The van der Waals surface area contributed by atoms with Gasteiger partial charge in [0.05, 0.1) is 4.90 Å². The Kier molecular flexibility index (Phi) is 6.73. The standard InChI is InChI=1S/C19H24N2O3S/c1-21(2)25(23,24)18-13-11-17(12-14-18)15-20-19(22)10-6-9-16-7-4-3-5-8-16/h3-5,7-8,11-14H,6,9-10,15H2,1-2H3,(H,20,22). The van der Waals surface area contributed by atoms with E-state index in [4.69, 9.17) is 0 Å². The van der Waals surface area contributed by atoms with Gasteiger partial charge in [0.25, 0.3) is 0 Å². The van der Waals surface area contributed by atoms with Crippen LogP contribution in [0.15, 0.2) is 59.5 Å². The molecule has 2 aromatic carbocycles. The van der Waals surface area contributed by atoms with Gasteiger partial charge in [-0.3, -0.25) is 4.79 Å². The van der Waals surface area contributed by atoms with Gasteiger partial charge in [0, 0.05) is 27.1 Å². The summed E-state index contributed by atoms with van der Waals surface area (Å²) in [6.45, 7) is 0.395. The maximum absolute atomic E-state index is 12.0. The van der Waals surface area contributed by atoms with Crippen LogP contribution in [-0.4, -0.2) is 32.7 Å². The van der Waals surface area contributed by atoms with Gasteiger partial charge in [-0.25, -0.2) is 12.7 Å². The van der Waals surface area contributed by atoms with Crippen molar-refractivity contribution < 1.29 is 13.2 Å². The maximum atomic E-state index is 12.0. The molecule has 25 heavy (non-hydrogen) atoms. The van der Waals surface area contributed by atoms with Crippen molar-refractivity contribution in [1.29, 1.82) is 0 Å². The number of nitrogens with zero attached hydrogens (tertiary/aromatic N) is 1. The molecular formula is C19H24N2O3S. The lowest BCUT2D eigenvalue weighted by atomic mass is 10.1. The average Bonchev–Trinajstić information content (AvgIpc) is 2.61.